The molecular weight excluding hydrogens is 194 g/mol. The average molecular weight is 215 g/mol. The summed E-state index contributed by atoms with van der Waals surface area (Å²) in [5.74, 6) is 1.99. The molecule has 0 saturated carbocycles. The molecule has 1 heterocycles. The van der Waals surface area contributed by atoms with Crippen molar-refractivity contribution in [3.8, 4) is 0 Å². The Balaban J connectivity index is 2.53. The fourth-order valence-electron chi connectivity index (χ4n) is 2.86. The van der Waals surface area contributed by atoms with Crippen molar-refractivity contribution in [3.63, 3.8) is 0 Å². The molecule has 1 N–H and O–H groups in total. The number of rotatable bonds is 3. The van der Waals surface area contributed by atoms with Gasteiger partial charge in [-0.05, 0) is 29.4 Å². The molecule has 0 unspecified atom stereocenters. The first-order valence-electron chi connectivity index (χ1n) is 6.17. The van der Waals surface area contributed by atoms with Gasteiger partial charge in [-0.25, -0.2) is 0 Å². The van der Waals surface area contributed by atoms with Gasteiger partial charge in [-0.3, -0.25) is 0 Å². The van der Waals surface area contributed by atoms with Gasteiger partial charge in [0.05, 0.1) is 0 Å². The van der Waals surface area contributed by atoms with Crippen LogP contribution in [0.1, 0.15) is 39.2 Å². The smallest absolute Gasteiger partial charge is 0.0456 e. The molecule has 0 aliphatic carbocycles. The predicted molar refractivity (Wildman–Crippen MR) is 70.7 cm³/mol. The highest BCUT2D eigenvalue weighted by atomic mass is 14.7. The SMILES string of the molecule is CC(C)C(c1c[nH]c2ccccc12)C(C)C. The lowest BCUT2D eigenvalue weighted by molar-refractivity contribution is 0.390. The lowest BCUT2D eigenvalue weighted by Gasteiger charge is -2.24. The Labute approximate surface area is 97.9 Å². The minimum Gasteiger partial charge on any atom is -0.361 e. The molecule has 2 rings (SSSR count). The largest absolute Gasteiger partial charge is 0.361 e. The van der Waals surface area contributed by atoms with Gasteiger partial charge in [0, 0.05) is 17.1 Å². The fraction of sp³-hybridized carbons (Fsp3) is 0.467. The van der Waals surface area contributed by atoms with Crippen molar-refractivity contribution in [1.29, 1.82) is 0 Å². The van der Waals surface area contributed by atoms with Crippen molar-refractivity contribution < 1.29 is 0 Å². The third-order valence-electron chi connectivity index (χ3n) is 3.42. The van der Waals surface area contributed by atoms with Gasteiger partial charge in [0.2, 0.25) is 0 Å². The lowest BCUT2D eigenvalue weighted by atomic mass is 9.80. The quantitative estimate of drug-likeness (QED) is 0.772. The molecule has 1 nitrogen and oxygen atoms in total. The zero-order valence-corrected chi connectivity index (χ0v) is 10.6. The van der Waals surface area contributed by atoms with E-state index in [0.29, 0.717) is 17.8 Å². The number of H-pyrrole nitrogens is 1. The summed E-state index contributed by atoms with van der Waals surface area (Å²) in [6.07, 6.45) is 2.19. The normalized spacial score (nSPS) is 12.2. The number of hydrogen-bond acceptors (Lipinski definition) is 0. The molecule has 0 bridgehead atoms. The summed E-state index contributed by atoms with van der Waals surface area (Å²) >= 11 is 0. The van der Waals surface area contributed by atoms with Crippen molar-refractivity contribution in [2.45, 2.75) is 33.6 Å². The van der Waals surface area contributed by atoms with Crippen molar-refractivity contribution in [2.24, 2.45) is 11.8 Å². The molecule has 1 aromatic heterocycles. The Morgan fingerprint density at radius 1 is 0.938 bits per heavy atom. The van der Waals surface area contributed by atoms with Gasteiger partial charge < -0.3 is 4.98 Å². The summed E-state index contributed by atoms with van der Waals surface area (Å²) in [6.45, 7) is 9.25. The van der Waals surface area contributed by atoms with Crippen molar-refractivity contribution in [1.82, 2.24) is 4.98 Å². The van der Waals surface area contributed by atoms with Crippen LogP contribution in [-0.2, 0) is 0 Å². The Bertz CT molecular complexity index is 457. The summed E-state index contributed by atoms with van der Waals surface area (Å²) in [7, 11) is 0. The Hall–Kier alpha value is -1.24. The number of aromatic amines is 1. The molecule has 0 aliphatic rings. The monoisotopic (exact) mass is 215 g/mol. The van der Waals surface area contributed by atoms with Crippen LogP contribution in [0, 0.1) is 11.8 Å². The van der Waals surface area contributed by atoms with Crippen LogP contribution in [-0.4, -0.2) is 4.98 Å². The average Bonchev–Trinajstić information content (AvgIpc) is 2.61. The van der Waals surface area contributed by atoms with E-state index in [0.717, 1.165) is 0 Å². The highest BCUT2D eigenvalue weighted by Crippen LogP contribution is 2.35. The maximum Gasteiger partial charge on any atom is 0.0456 e. The zero-order valence-electron chi connectivity index (χ0n) is 10.6. The molecule has 16 heavy (non-hydrogen) atoms. The molecular formula is C15H21N. The van der Waals surface area contributed by atoms with Crippen molar-refractivity contribution >= 4 is 10.9 Å². The van der Waals surface area contributed by atoms with Crippen LogP contribution in [0.15, 0.2) is 30.5 Å². The second kappa shape index (κ2) is 4.32. The van der Waals surface area contributed by atoms with E-state index in [1.165, 1.54) is 16.5 Å². The molecule has 0 atom stereocenters. The van der Waals surface area contributed by atoms with Crippen LogP contribution in [0.25, 0.3) is 10.9 Å². The minimum atomic E-state index is 0.635. The first-order chi connectivity index (χ1) is 7.61. The van der Waals surface area contributed by atoms with Crippen LogP contribution >= 0.6 is 0 Å². The molecule has 0 saturated heterocycles. The third-order valence-corrected chi connectivity index (χ3v) is 3.42. The molecule has 0 aliphatic heterocycles. The Morgan fingerprint density at radius 2 is 1.56 bits per heavy atom. The van der Waals surface area contributed by atoms with Gasteiger partial charge in [0.15, 0.2) is 0 Å². The van der Waals surface area contributed by atoms with Crippen LogP contribution in [0.2, 0.25) is 0 Å². The molecule has 1 heteroatoms. The molecule has 86 valence electrons. The highest BCUT2D eigenvalue weighted by Gasteiger charge is 2.22. The van der Waals surface area contributed by atoms with Crippen LogP contribution in [0.3, 0.4) is 0 Å². The van der Waals surface area contributed by atoms with Crippen molar-refractivity contribution in [2.75, 3.05) is 0 Å². The van der Waals surface area contributed by atoms with E-state index in [2.05, 4.69) is 63.1 Å². The summed E-state index contributed by atoms with van der Waals surface area (Å²) in [5, 5.41) is 1.38. The van der Waals surface area contributed by atoms with E-state index in [1.54, 1.807) is 0 Å². The molecule has 0 radical (unpaired) electrons. The molecule has 1 aromatic carbocycles. The van der Waals surface area contributed by atoms with Crippen LogP contribution in [0.5, 0.6) is 0 Å². The summed E-state index contributed by atoms with van der Waals surface area (Å²) in [5.41, 5.74) is 2.73. The van der Waals surface area contributed by atoms with Crippen molar-refractivity contribution in [3.05, 3.63) is 36.0 Å². The van der Waals surface area contributed by atoms with Gasteiger partial charge in [0.1, 0.15) is 0 Å². The number of aromatic nitrogens is 1. The fourth-order valence-corrected chi connectivity index (χ4v) is 2.86. The van der Waals surface area contributed by atoms with Gasteiger partial charge in [-0.15, -0.1) is 0 Å². The zero-order chi connectivity index (χ0) is 11.7. The van der Waals surface area contributed by atoms with E-state index >= 15 is 0 Å². The summed E-state index contributed by atoms with van der Waals surface area (Å²) < 4.78 is 0. The van der Waals surface area contributed by atoms with E-state index in [4.69, 9.17) is 0 Å². The van der Waals surface area contributed by atoms with Gasteiger partial charge in [0.25, 0.3) is 0 Å². The summed E-state index contributed by atoms with van der Waals surface area (Å²) in [4.78, 5) is 3.38. The second-order valence-electron chi connectivity index (χ2n) is 5.30. The maximum absolute atomic E-state index is 3.38. The number of benzene rings is 1. The van der Waals surface area contributed by atoms with Crippen LogP contribution < -0.4 is 0 Å². The third kappa shape index (κ3) is 1.87. The van der Waals surface area contributed by atoms with E-state index in [9.17, 15) is 0 Å². The lowest BCUT2D eigenvalue weighted by Crippen LogP contribution is -2.12. The highest BCUT2D eigenvalue weighted by molar-refractivity contribution is 5.83. The Kier molecular flexibility index (Phi) is 3.04. The number of nitrogens with one attached hydrogen (secondary N) is 1. The first-order valence-corrected chi connectivity index (χ1v) is 6.17. The van der Waals surface area contributed by atoms with Gasteiger partial charge in [-0.1, -0.05) is 45.9 Å². The Morgan fingerprint density at radius 3 is 2.19 bits per heavy atom. The van der Waals surface area contributed by atoms with E-state index in [-0.39, 0.29) is 0 Å². The molecule has 0 spiro atoms. The first kappa shape index (κ1) is 11.3. The van der Waals surface area contributed by atoms with E-state index in [1.807, 2.05) is 0 Å². The van der Waals surface area contributed by atoms with E-state index < -0.39 is 0 Å². The standard InChI is InChI=1S/C15H21N/c1-10(2)15(11(3)4)13-9-16-14-8-6-5-7-12(13)14/h5-11,15-16H,1-4H3. The number of fused-ring (bicyclic) bond motifs is 1. The summed E-state index contributed by atoms with van der Waals surface area (Å²) in [6, 6.07) is 8.58. The number of hydrogen-bond donors (Lipinski definition) is 1. The molecule has 0 amide bonds. The maximum atomic E-state index is 3.38. The van der Waals surface area contributed by atoms with Gasteiger partial charge in [-0.2, -0.15) is 0 Å². The van der Waals surface area contributed by atoms with Crippen LogP contribution in [0.4, 0.5) is 0 Å². The topological polar surface area (TPSA) is 15.8 Å². The number of para-hydroxylation sites is 1. The minimum absolute atomic E-state index is 0.635. The molecule has 2 aromatic rings. The molecule has 0 fully saturated rings. The van der Waals surface area contributed by atoms with Gasteiger partial charge >= 0.3 is 0 Å². The second-order valence-corrected chi connectivity index (χ2v) is 5.30. The predicted octanol–water partition coefficient (Wildman–Crippen LogP) is 4.56.